The largest absolute Gasteiger partial charge is 0.354 e. The Morgan fingerprint density at radius 3 is 1.95 bits per heavy atom. The van der Waals surface area contributed by atoms with E-state index in [0.717, 1.165) is 50.5 Å². The highest BCUT2D eigenvalue weighted by Crippen LogP contribution is 2.38. The summed E-state index contributed by atoms with van der Waals surface area (Å²) in [6.45, 7) is 0. The number of anilines is 2. The summed E-state index contributed by atoms with van der Waals surface area (Å²) in [6, 6.07) is 52.4. The van der Waals surface area contributed by atoms with E-state index in [9.17, 15) is 0 Å². The van der Waals surface area contributed by atoms with Gasteiger partial charge < -0.3 is 5.32 Å². The first-order valence-corrected chi connectivity index (χ1v) is 13.8. The van der Waals surface area contributed by atoms with Crippen molar-refractivity contribution in [3.63, 3.8) is 0 Å². The molecule has 41 heavy (non-hydrogen) atoms. The molecule has 5 aromatic carbocycles. The van der Waals surface area contributed by atoms with Crippen LogP contribution >= 0.6 is 0 Å². The van der Waals surface area contributed by atoms with Crippen LogP contribution in [0.1, 0.15) is 0 Å². The predicted octanol–water partition coefficient (Wildman–Crippen LogP) is 10.0. The van der Waals surface area contributed by atoms with E-state index in [4.69, 9.17) is 4.98 Å². The van der Waals surface area contributed by atoms with Gasteiger partial charge in [0.05, 0.1) is 22.8 Å². The van der Waals surface area contributed by atoms with Crippen molar-refractivity contribution >= 4 is 22.1 Å². The Morgan fingerprint density at radius 1 is 0.415 bits per heavy atom. The van der Waals surface area contributed by atoms with Crippen LogP contribution in [0.2, 0.25) is 0 Å². The molecule has 0 saturated carbocycles. The molecule has 0 aliphatic rings. The van der Waals surface area contributed by atoms with Gasteiger partial charge in [0.2, 0.25) is 0 Å². The molecule has 0 atom stereocenters. The molecule has 7 rings (SSSR count). The molecule has 0 saturated heterocycles. The maximum Gasteiger partial charge on any atom is 0.0730 e. The Hall–Kier alpha value is -5.54. The molecule has 0 aliphatic carbocycles. The van der Waals surface area contributed by atoms with E-state index in [1.54, 1.807) is 0 Å². The summed E-state index contributed by atoms with van der Waals surface area (Å²) in [5, 5.41) is 6.10. The van der Waals surface area contributed by atoms with Gasteiger partial charge in [0.15, 0.2) is 0 Å². The Morgan fingerprint density at radius 2 is 1.10 bits per heavy atom. The SMILES string of the molecule is c1ccc(-c2ccc(-c3cccc(-c4ccccc4Nc4c(-c5ccccn5)ccc5ccccc45)n3)cc2)cc1. The second kappa shape index (κ2) is 10.9. The second-order valence-corrected chi connectivity index (χ2v) is 9.95. The molecule has 194 valence electrons. The molecule has 2 aromatic heterocycles. The normalized spacial score (nSPS) is 10.9. The zero-order chi connectivity index (χ0) is 27.4. The highest BCUT2D eigenvalue weighted by atomic mass is 14.9. The first-order valence-electron chi connectivity index (χ1n) is 13.8. The van der Waals surface area contributed by atoms with Crippen LogP contribution in [-0.4, -0.2) is 9.97 Å². The molecule has 0 radical (unpaired) electrons. The lowest BCUT2D eigenvalue weighted by molar-refractivity contribution is 1.32. The van der Waals surface area contributed by atoms with Gasteiger partial charge in [0, 0.05) is 34.0 Å². The van der Waals surface area contributed by atoms with E-state index in [1.807, 2.05) is 24.4 Å². The molecule has 0 amide bonds. The van der Waals surface area contributed by atoms with Crippen LogP contribution in [0.15, 0.2) is 158 Å². The van der Waals surface area contributed by atoms with Crippen LogP contribution in [-0.2, 0) is 0 Å². The number of pyridine rings is 2. The van der Waals surface area contributed by atoms with Crippen molar-refractivity contribution in [3.05, 3.63) is 158 Å². The Bertz CT molecular complexity index is 1950. The highest BCUT2D eigenvalue weighted by Gasteiger charge is 2.14. The van der Waals surface area contributed by atoms with E-state index in [2.05, 4.69) is 144 Å². The van der Waals surface area contributed by atoms with Crippen molar-refractivity contribution in [2.45, 2.75) is 0 Å². The maximum absolute atomic E-state index is 5.11. The van der Waals surface area contributed by atoms with Gasteiger partial charge in [-0.3, -0.25) is 4.98 Å². The molecule has 1 N–H and O–H groups in total. The summed E-state index contributed by atoms with van der Waals surface area (Å²) in [7, 11) is 0. The number of nitrogens with one attached hydrogen (secondary N) is 1. The fourth-order valence-corrected chi connectivity index (χ4v) is 5.30. The molecular formula is C38H27N3. The summed E-state index contributed by atoms with van der Waals surface area (Å²) < 4.78 is 0. The standard InChI is InChI=1S/C38H27N3/c1-2-11-27(12-3-1)28-20-22-30(23-21-28)34-18-10-19-36(40-34)32-15-6-7-17-37(32)41-38-31-14-5-4-13-29(31)24-25-33(38)35-16-8-9-26-39-35/h1-26,41H. The van der Waals surface area contributed by atoms with Gasteiger partial charge in [0.1, 0.15) is 0 Å². The van der Waals surface area contributed by atoms with Crippen molar-refractivity contribution in [1.82, 2.24) is 9.97 Å². The lowest BCUT2D eigenvalue weighted by Crippen LogP contribution is -1.99. The van der Waals surface area contributed by atoms with E-state index < -0.39 is 0 Å². The smallest absolute Gasteiger partial charge is 0.0730 e. The van der Waals surface area contributed by atoms with E-state index >= 15 is 0 Å². The average molecular weight is 526 g/mol. The number of aromatic nitrogens is 2. The molecule has 0 spiro atoms. The van der Waals surface area contributed by atoms with E-state index in [0.29, 0.717) is 0 Å². The van der Waals surface area contributed by atoms with Crippen LogP contribution in [0, 0.1) is 0 Å². The molecule has 3 nitrogen and oxygen atoms in total. The van der Waals surface area contributed by atoms with Crippen LogP contribution in [0.4, 0.5) is 11.4 Å². The number of benzene rings is 5. The van der Waals surface area contributed by atoms with Crippen LogP contribution in [0.25, 0.3) is 55.7 Å². The zero-order valence-corrected chi connectivity index (χ0v) is 22.4. The summed E-state index contributed by atoms with van der Waals surface area (Å²) in [5.41, 5.74) is 10.4. The number of nitrogens with zero attached hydrogens (tertiary/aromatic N) is 2. The van der Waals surface area contributed by atoms with Gasteiger partial charge >= 0.3 is 0 Å². The molecular weight excluding hydrogens is 498 g/mol. The highest BCUT2D eigenvalue weighted by molar-refractivity contribution is 6.03. The molecule has 7 aromatic rings. The molecule has 0 unspecified atom stereocenters. The summed E-state index contributed by atoms with van der Waals surface area (Å²) >= 11 is 0. The average Bonchev–Trinajstić information content (AvgIpc) is 3.06. The number of hydrogen-bond donors (Lipinski definition) is 1. The van der Waals surface area contributed by atoms with Crippen molar-refractivity contribution in [1.29, 1.82) is 0 Å². The maximum atomic E-state index is 5.11. The number of fused-ring (bicyclic) bond motifs is 1. The third-order valence-electron chi connectivity index (χ3n) is 7.37. The minimum absolute atomic E-state index is 0.914. The van der Waals surface area contributed by atoms with Crippen molar-refractivity contribution < 1.29 is 0 Å². The monoisotopic (exact) mass is 525 g/mol. The topological polar surface area (TPSA) is 37.8 Å². The summed E-state index contributed by atoms with van der Waals surface area (Å²) in [4.78, 5) is 9.77. The van der Waals surface area contributed by atoms with Gasteiger partial charge in [-0.1, -0.05) is 121 Å². The number of hydrogen-bond acceptors (Lipinski definition) is 3. The third kappa shape index (κ3) is 4.97. The summed E-state index contributed by atoms with van der Waals surface area (Å²) in [5.74, 6) is 0. The quantitative estimate of drug-likeness (QED) is 0.235. The number of para-hydroxylation sites is 1. The lowest BCUT2D eigenvalue weighted by Gasteiger charge is -2.18. The lowest BCUT2D eigenvalue weighted by atomic mass is 10.00. The predicted molar refractivity (Wildman–Crippen MR) is 171 cm³/mol. The fourth-order valence-electron chi connectivity index (χ4n) is 5.30. The van der Waals surface area contributed by atoms with Crippen molar-refractivity contribution in [2.75, 3.05) is 5.32 Å². The van der Waals surface area contributed by atoms with Crippen LogP contribution < -0.4 is 5.32 Å². The van der Waals surface area contributed by atoms with Gasteiger partial charge in [-0.05, 0) is 46.8 Å². The fraction of sp³-hybridized carbons (Fsp3) is 0. The number of rotatable bonds is 6. The zero-order valence-electron chi connectivity index (χ0n) is 22.4. The first-order chi connectivity index (χ1) is 20.3. The molecule has 0 fully saturated rings. The second-order valence-electron chi connectivity index (χ2n) is 9.95. The van der Waals surface area contributed by atoms with Gasteiger partial charge in [-0.15, -0.1) is 0 Å². The Kier molecular flexibility index (Phi) is 6.52. The molecule has 0 bridgehead atoms. The van der Waals surface area contributed by atoms with Crippen molar-refractivity contribution in [3.8, 4) is 44.9 Å². The summed E-state index contributed by atoms with van der Waals surface area (Å²) in [6.07, 6.45) is 1.84. The third-order valence-corrected chi connectivity index (χ3v) is 7.37. The minimum atomic E-state index is 0.914. The van der Waals surface area contributed by atoms with Crippen LogP contribution in [0.5, 0.6) is 0 Å². The molecule has 0 aliphatic heterocycles. The molecule has 3 heteroatoms. The van der Waals surface area contributed by atoms with Gasteiger partial charge in [-0.25, -0.2) is 4.98 Å². The van der Waals surface area contributed by atoms with Crippen molar-refractivity contribution in [2.24, 2.45) is 0 Å². The van der Waals surface area contributed by atoms with Crippen LogP contribution in [0.3, 0.4) is 0 Å². The van der Waals surface area contributed by atoms with Gasteiger partial charge in [0.25, 0.3) is 0 Å². The van der Waals surface area contributed by atoms with E-state index in [1.165, 1.54) is 16.5 Å². The van der Waals surface area contributed by atoms with Gasteiger partial charge in [-0.2, -0.15) is 0 Å². The minimum Gasteiger partial charge on any atom is -0.354 e. The first kappa shape index (κ1) is 24.5. The van der Waals surface area contributed by atoms with E-state index in [-0.39, 0.29) is 0 Å². The Labute approximate surface area is 239 Å². The molecule has 2 heterocycles. The Balaban J connectivity index is 1.28.